The van der Waals surface area contributed by atoms with Gasteiger partial charge in [0.15, 0.2) is 11.5 Å². The number of ether oxygens (including phenoxy) is 3. The number of hydrogen-bond donors (Lipinski definition) is 2. The zero-order valence-electron chi connectivity index (χ0n) is 21.6. The minimum atomic E-state index is -1.11. The average molecular weight is 572 g/mol. The lowest BCUT2D eigenvalue weighted by molar-refractivity contribution is -0.126. The van der Waals surface area contributed by atoms with Crippen LogP contribution < -0.4 is 25.0 Å². The van der Waals surface area contributed by atoms with Crippen molar-refractivity contribution in [1.82, 2.24) is 10.6 Å². The van der Waals surface area contributed by atoms with Gasteiger partial charge in [-0.1, -0.05) is 29.8 Å². The summed E-state index contributed by atoms with van der Waals surface area (Å²) in [7, 11) is 3.01. The van der Waals surface area contributed by atoms with Crippen molar-refractivity contribution in [2.75, 3.05) is 38.8 Å². The summed E-state index contributed by atoms with van der Waals surface area (Å²) in [6.45, 7) is 0.609. The van der Waals surface area contributed by atoms with Gasteiger partial charge in [0.2, 0.25) is 11.8 Å². The highest BCUT2D eigenvalue weighted by atomic mass is 35.5. The smallest absolute Gasteiger partial charge is 0.261 e. The van der Waals surface area contributed by atoms with Gasteiger partial charge in [-0.2, -0.15) is 0 Å². The van der Waals surface area contributed by atoms with Crippen LogP contribution >= 0.6 is 22.9 Å². The minimum absolute atomic E-state index is 0.0968. The first-order chi connectivity index (χ1) is 18.9. The normalized spacial score (nSPS) is 15.3. The summed E-state index contributed by atoms with van der Waals surface area (Å²) in [4.78, 5) is 42.0. The molecule has 11 heteroatoms. The topological polar surface area (TPSA) is 106 Å². The summed E-state index contributed by atoms with van der Waals surface area (Å²) in [5, 5.41) is 7.78. The maximum atomic E-state index is 13.8. The summed E-state index contributed by atoms with van der Waals surface area (Å²) < 4.78 is 16.5. The number of nitrogens with zero attached hydrogens (tertiary/aromatic N) is 1. The van der Waals surface area contributed by atoms with Crippen LogP contribution in [-0.4, -0.2) is 57.7 Å². The second-order valence-electron chi connectivity index (χ2n) is 8.80. The summed E-state index contributed by atoms with van der Waals surface area (Å²) in [5.41, 5.74) is 0.875. The molecule has 0 aliphatic carbocycles. The largest absolute Gasteiger partial charge is 0.493 e. The van der Waals surface area contributed by atoms with Crippen LogP contribution in [0.4, 0.5) is 5.69 Å². The molecule has 4 rings (SSSR count). The molecule has 3 amide bonds. The average Bonchev–Trinajstić information content (AvgIpc) is 3.68. The first kappa shape index (κ1) is 28.4. The Balaban J connectivity index is 1.71. The molecule has 0 saturated carbocycles. The van der Waals surface area contributed by atoms with Crippen LogP contribution in [0.25, 0.3) is 0 Å². The van der Waals surface area contributed by atoms with E-state index in [1.54, 1.807) is 60.0 Å². The van der Waals surface area contributed by atoms with Crippen LogP contribution in [0.2, 0.25) is 5.02 Å². The van der Waals surface area contributed by atoms with Crippen molar-refractivity contribution in [2.24, 2.45) is 0 Å². The maximum absolute atomic E-state index is 13.8. The maximum Gasteiger partial charge on any atom is 0.261 e. The Kier molecular flexibility index (Phi) is 9.80. The molecule has 0 spiro atoms. The third kappa shape index (κ3) is 7.08. The van der Waals surface area contributed by atoms with E-state index >= 15 is 0 Å². The second-order valence-corrected chi connectivity index (χ2v) is 10.2. The van der Waals surface area contributed by atoms with Crippen molar-refractivity contribution in [3.63, 3.8) is 0 Å². The van der Waals surface area contributed by atoms with Crippen LogP contribution in [0, 0.1) is 0 Å². The van der Waals surface area contributed by atoms with E-state index in [9.17, 15) is 14.4 Å². The lowest BCUT2D eigenvalue weighted by Gasteiger charge is -2.32. The van der Waals surface area contributed by atoms with Gasteiger partial charge < -0.3 is 24.8 Å². The molecule has 1 aliphatic rings. The highest BCUT2D eigenvalue weighted by molar-refractivity contribution is 7.12. The van der Waals surface area contributed by atoms with Crippen LogP contribution in [0.1, 0.15) is 34.1 Å². The molecule has 1 aliphatic heterocycles. The van der Waals surface area contributed by atoms with Crippen molar-refractivity contribution in [1.29, 1.82) is 0 Å². The lowest BCUT2D eigenvalue weighted by Crippen LogP contribution is -2.48. The number of rotatable bonds is 11. The Bertz CT molecular complexity index is 1300. The number of halogens is 1. The van der Waals surface area contributed by atoms with Crippen molar-refractivity contribution in [3.05, 3.63) is 75.4 Å². The number of methoxy groups -OCH3 is 2. The standard InChI is InChI=1S/C28H30ClN3O6S/c1-36-22-11-10-18(14-23(22)37-2)26(28(35)30-16-21-8-4-12-38-21)32(20-7-3-6-19(29)15-20)25(33)17-31-27(34)24-9-5-13-39-24/h3,5-7,9-11,13-15,21,26H,4,8,12,16-17H2,1-2H3,(H,30,35)(H,31,34)/t21-,26-/m0/s1. The van der Waals surface area contributed by atoms with E-state index in [1.807, 2.05) is 0 Å². The van der Waals surface area contributed by atoms with E-state index < -0.39 is 17.9 Å². The van der Waals surface area contributed by atoms with E-state index in [2.05, 4.69) is 10.6 Å². The quantitative estimate of drug-likeness (QED) is 0.357. The van der Waals surface area contributed by atoms with Crippen LogP contribution in [0.5, 0.6) is 11.5 Å². The zero-order valence-corrected chi connectivity index (χ0v) is 23.2. The first-order valence-electron chi connectivity index (χ1n) is 12.4. The Morgan fingerprint density at radius 3 is 2.56 bits per heavy atom. The number of carbonyl (C=O) groups excluding carboxylic acids is 3. The molecule has 1 fully saturated rings. The fourth-order valence-electron chi connectivity index (χ4n) is 4.36. The number of carbonyl (C=O) groups is 3. The molecule has 206 valence electrons. The predicted molar refractivity (Wildman–Crippen MR) is 150 cm³/mol. The van der Waals surface area contributed by atoms with Gasteiger partial charge in [0.25, 0.3) is 5.91 Å². The molecule has 9 nitrogen and oxygen atoms in total. The summed E-state index contributed by atoms with van der Waals surface area (Å²) in [6.07, 6.45) is 1.67. The van der Waals surface area contributed by atoms with Gasteiger partial charge in [-0.15, -0.1) is 11.3 Å². The number of amides is 3. The number of nitrogens with one attached hydrogen (secondary N) is 2. The summed E-state index contributed by atoms with van der Waals surface area (Å²) >= 11 is 7.56. The van der Waals surface area contributed by atoms with Gasteiger partial charge in [-0.05, 0) is 60.2 Å². The molecule has 2 atom stereocenters. The predicted octanol–water partition coefficient (Wildman–Crippen LogP) is 4.22. The van der Waals surface area contributed by atoms with E-state index in [4.69, 9.17) is 25.8 Å². The number of anilines is 1. The number of benzene rings is 2. The van der Waals surface area contributed by atoms with E-state index in [-0.39, 0.29) is 18.6 Å². The first-order valence-corrected chi connectivity index (χ1v) is 13.7. The van der Waals surface area contributed by atoms with Gasteiger partial charge in [-0.3, -0.25) is 19.3 Å². The molecule has 1 saturated heterocycles. The molecule has 0 unspecified atom stereocenters. The highest BCUT2D eigenvalue weighted by Gasteiger charge is 2.34. The Hall–Kier alpha value is -3.60. The van der Waals surface area contributed by atoms with Crippen molar-refractivity contribution in [2.45, 2.75) is 25.0 Å². The number of hydrogen-bond acceptors (Lipinski definition) is 7. The zero-order chi connectivity index (χ0) is 27.8. The van der Waals surface area contributed by atoms with E-state index in [0.29, 0.717) is 45.8 Å². The molecule has 2 aromatic carbocycles. The number of thiophene rings is 1. The Morgan fingerprint density at radius 2 is 1.90 bits per heavy atom. The van der Waals surface area contributed by atoms with Gasteiger partial charge in [0, 0.05) is 23.9 Å². The molecule has 1 aromatic heterocycles. The third-order valence-corrected chi connectivity index (χ3v) is 7.36. The highest BCUT2D eigenvalue weighted by Crippen LogP contribution is 2.35. The van der Waals surface area contributed by atoms with Gasteiger partial charge in [0.05, 0.1) is 31.7 Å². The molecule has 3 aromatic rings. The lowest BCUT2D eigenvalue weighted by atomic mass is 10.0. The summed E-state index contributed by atoms with van der Waals surface area (Å²) in [5.74, 6) is -0.431. The van der Waals surface area contributed by atoms with E-state index in [0.717, 1.165) is 12.8 Å². The molecule has 39 heavy (non-hydrogen) atoms. The molecule has 2 N–H and O–H groups in total. The van der Waals surface area contributed by atoms with Crippen LogP contribution in [-0.2, 0) is 14.3 Å². The molecule has 0 radical (unpaired) electrons. The van der Waals surface area contributed by atoms with Gasteiger partial charge >= 0.3 is 0 Å². The Labute approximate surface area is 236 Å². The second kappa shape index (κ2) is 13.5. The molecule has 2 heterocycles. The SMILES string of the molecule is COc1ccc([C@@H](C(=O)NC[C@@H]2CCCO2)N(C(=O)CNC(=O)c2cccs2)c2cccc(Cl)c2)cc1OC. The summed E-state index contributed by atoms with van der Waals surface area (Å²) in [6, 6.07) is 14.0. The fourth-order valence-corrected chi connectivity index (χ4v) is 5.18. The van der Waals surface area contributed by atoms with E-state index in [1.165, 1.54) is 30.5 Å². The van der Waals surface area contributed by atoms with Crippen molar-refractivity contribution < 1.29 is 28.6 Å². The third-order valence-electron chi connectivity index (χ3n) is 6.26. The van der Waals surface area contributed by atoms with Gasteiger partial charge in [-0.25, -0.2) is 0 Å². The fraction of sp³-hybridized carbons (Fsp3) is 0.321. The van der Waals surface area contributed by atoms with Crippen LogP contribution in [0.15, 0.2) is 60.0 Å². The monoisotopic (exact) mass is 571 g/mol. The Morgan fingerprint density at radius 1 is 1.08 bits per heavy atom. The van der Waals surface area contributed by atoms with Crippen molar-refractivity contribution >= 4 is 46.3 Å². The van der Waals surface area contributed by atoms with Gasteiger partial charge in [0.1, 0.15) is 6.04 Å². The minimum Gasteiger partial charge on any atom is -0.493 e. The molecular weight excluding hydrogens is 542 g/mol. The van der Waals surface area contributed by atoms with Crippen LogP contribution in [0.3, 0.4) is 0 Å². The molecular formula is C28H30ClN3O6S. The molecule has 0 bridgehead atoms. The van der Waals surface area contributed by atoms with Crippen molar-refractivity contribution in [3.8, 4) is 11.5 Å².